The highest BCUT2D eigenvalue weighted by Crippen LogP contribution is 2.35. The number of carbonyl (C=O) groups is 1. The Labute approximate surface area is 158 Å². The predicted molar refractivity (Wildman–Crippen MR) is 96.5 cm³/mol. The van der Waals surface area contributed by atoms with Crippen LogP contribution in [0.15, 0.2) is 23.1 Å². The van der Waals surface area contributed by atoms with Crippen LogP contribution in [-0.2, 0) is 14.6 Å². The lowest BCUT2D eigenvalue weighted by Gasteiger charge is -2.15. The van der Waals surface area contributed by atoms with Gasteiger partial charge in [-0.1, -0.05) is 11.6 Å². The van der Waals surface area contributed by atoms with Crippen molar-refractivity contribution < 1.29 is 13.2 Å². The van der Waals surface area contributed by atoms with E-state index in [0.717, 1.165) is 0 Å². The summed E-state index contributed by atoms with van der Waals surface area (Å²) < 4.78 is 25.6. The molecular formula is C16H19Cl2N3O3S. The van der Waals surface area contributed by atoms with Gasteiger partial charge in [0.05, 0.1) is 22.3 Å². The molecule has 1 heterocycles. The van der Waals surface area contributed by atoms with Crippen molar-refractivity contribution in [1.29, 1.82) is 5.26 Å². The van der Waals surface area contributed by atoms with Crippen LogP contribution < -0.4 is 10.6 Å². The van der Waals surface area contributed by atoms with Gasteiger partial charge in [-0.15, -0.1) is 12.4 Å². The Bertz CT molecular complexity index is 832. The average molecular weight is 404 g/mol. The summed E-state index contributed by atoms with van der Waals surface area (Å²) in [6, 6.07) is 6.18. The van der Waals surface area contributed by atoms with E-state index in [0.29, 0.717) is 23.4 Å². The summed E-state index contributed by atoms with van der Waals surface area (Å²) >= 11 is 5.89. The third kappa shape index (κ3) is 3.93. The molecule has 1 saturated heterocycles. The van der Waals surface area contributed by atoms with Crippen molar-refractivity contribution in [3.63, 3.8) is 0 Å². The molecule has 136 valence electrons. The minimum Gasteiger partial charge on any atom is -0.336 e. The summed E-state index contributed by atoms with van der Waals surface area (Å²) in [5.41, 5.74) is -0.153. The second kappa shape index (κ2) is 7.12. The van der Waals surface area contributed by atoms with E-state index in [1.807, 2.05) is 0 Å². The SMILES string of the molecule is Cc1cc(Cl)ccc1S(=O)(=O)[C@H]1CN[C@H](C(=O)NC2(C#N)CC2)C1.Cl. The summed E-state index contributed by atoms with van der Waals surface area (Å²) in [6.07, 6.45) is 1.49. The van der Waals surface area contributed by atoms with Crippen LogP contribution >= 0.6 is 24.0 Å². The zero-order chi connectivity index (χ0) is 17.5. The van der Waals surface area contributed by atoms with Crippen molar-refractivity contribution in [2.24, 2.45) is 0 Å². The molecule has 25 heavy (non-hydrogen) atoms. The third-order valence-corrected chi connectivity index (χ3v) is 7.16. The van der Waals surface area contributed by atoms with Gasteiger partial charge >= 0.3 is 0 Å². The molecule has 1 aromatic rings. The van der Waals surface area contributed by atoms with Crippen molar-refractivity contribution in [3.8, 4) is 6.07 Å². The largest absolute Gasteiger partial charge is 0.336 e. The fourth-order valence-corrected chi connectivity index (χ4v) is 5.08. The normalized spacial score (nSPS) is 24.0. The minimum absolute atomic E-state index is 0. The van der Waals surface area contributed by atoms with Gasteiger partial charge in [-0.3, -0.25) is 4.79 Å². The number of carbonyl (C=O) groups excluding carboxylic acids is 1. The lowest BCUT2D eigenvalue weighted by molar-refractivity contribution is -0.123. The number of nitrogens with zero attached hydrogens (tertiary/aromatic N) is 1. The summed E-state index contributed by atoms with van der Waals surface area (Å²) in [7, 11) is -3.55. The van der Waals surface area contributed by atoms with Gasteiger partial charge in [0.2, 0.25) is 5.91 Å². The van der Waals surface area contributed by atoms with Crippen LogP contribution in [0, 0.1) is 18.3 Å². The first-order chi connectivity index (χ1) is 11.3. The van der Waals surface area contributed by atoms with Crippen LogP contribution in [0.5, 0.6) is 0 Å². The number of rotatable bonds is 4. The molecule has 0 aromatic heterocycles. The molecule has 0 radical (unpaired) electrons. The number of benzene rings is 1. The molecule has 0 spiro atoms. The van der Waals surface area contributed by atoms with Crippen LogP contribution in [0.25, 0.3) is 0 Å². The van der Waals surface area contributed by atoms with Gasteiger partial charge in [0.15, 0.2) is 9.84 Å². The van der Waals surface area contributed by atoms with E-state index >= 15 is 0 Å². The highest BCUT2D eigenvalue weighted by molar-refractivity contribution is 7.92. The predicted octanol–water partition coefficient (Wildman–Crippen LogP) is 1.75. The molecule has 3 rings (SSSR count). The summed E-state index contributed by atoms with van der Waals surface area (Å²) in [5.74, 6) is -0.306. The van der Waals surface area contributed by atoms with Crippen molar-refractivity contribution in [3.05, 3.63) is 28.8 Å². The molecule has 2 N–H and O–H groups in total. The van der Waals surface area contributed by atoms with Gasteiger partial charge < -0.3 is 10.6 Å². The number of amides is 1. The first-order valence-electron chi connectivity index (χ1n) is 7.74. The molecular weight excluding hydrogens is 385 g/mol. The molecule has 6 nitrogen and oxygen atoms in total. The monoisotopic (exact) mass is 403 g/mol. The van der Waals surface area contributed by atoms with Gasteiger partial charge in [0.1, 0.15) is 5.54 Å². The summed E-state index contributed by atoms with van der Waals surface area (Å²) in [5, 5.41) is 14.5. The first-order valence-corrected chi connectivity index (χ1v) is 9.66. The highest BCUT2D eigenvalue weighted by atomic mass is 35.5. The molecule has 2 aliphatic rings. The number of nitrogens with one attached hydrogen (secondary N) is 2. The molecule has 1 aliphatic heterocycles. The smallest absolute Gasteiger partial charge is 0.238 e. The van der Waals surface area contributed by atoms with Crippen molar-refractivity contribution in [1.82, 2.24) is 10.6 Å². The van der Waals surface area contributed by atoms with Crippen molar-refractivity contribution >= 4 is 39.8 Å². The Kier molecular flexibility index (Phi) is 5.69. The maximum atomic E-state index is 12.8. The quantitative estimate of drug-likeness (QED) is 0.797. The van der Waals surface area contributed by atoms with E-state index in [2.05, 4.69) is 16.7 Å². The molecule has 1 amide bonds. The number of hydrogen-bond acceptors (Lipinski definition) is 5. The lowest BCUT2D eigenvalue weighted by Crippen LogP contribution is -2.45. The number of hydrogen-bond donors (Lipinski definition) is 2. The van der Waals surface area contributed by atoms with E-state index in [1.54, 1.807) is 19.1 Å². The highest BCUT2D eigenvalue weighted by Gasteiger charge is 2.47. The van der Waals surface area contributed by atoms with E-state index in [4.69, 9.17) is 16.9 Å². The fraction of sp³-hybridized carbons (Fsp3) is 0.500. The topological polar surface area (TPSA) is 99.1 Å². The maximum Gasteiger partial charge on any atom is 0.238 e. The zero-order valence-corrected chi connectivity index (χ0v) is 16.0. The van der Waals surface area contributed by atoms with E-state index in [9.17, 15) is 13.2 Å². The molecule has 1 aliphatic carbocycles. The molecule has 0 unspecified atom stereocenters. The van der Waals surface area contributed by atoms with Gasteiger partial charge in [-0.25, -0.2) is 8.42 Å². The van der Waals surface area contributed by atoms with Crippen molar-refractivity contribution in [2.75, 3.05) is 6.54 Å². The van der Waals surface area contributed by atoms with Crippen LogP contribution in [0.4, 0.5) is 0 Å². The Balaban J connectivity index is 0.00000225. The Morgan fingerprint density at radius 3 is 2.68 bits per heavy atom. The number of sulfone groups is 1. The summed E-state index contributed by atoms with van der Waals surface area (Å²) in [6.45, 7) is 1.91. The van der Waals surface area contributed by atoms with E-state index in [-0.39, 0.29) is 36.2 Å². The van der Waals surface area contributed by atoms with Gasteiger partial charge in [0, 0.05) is 11.6 Å². The van der Waals surface area contributed by atoms with Crippen molar-refractivity contribution in [2.45, 2.75) is 47.9 Å². The van der Waals surface area contributed by atoms with Gasteiger partial charge in [-0.05, 0) is 49.9 Å². The lowest BCUT2D eigenvalue weighted by atomic mass is 10.2. The molecule has 0 bridgehead atoms. The number of nitriles is 1. The van der Waals surface area contributed by atoms with Gasteiger partial charge in [0.25, 0.3) is 0 Å². The van der Waals surface area contributed by atoms with Crippen LogP contribution in [-0.4, -0.2) is 37.7 Å². The molecule has 1 saturated carbocycles. The third-order valence-electron chi connectivity index (χ3n) is 4.62. The average Bonchev–Trinajstić information content (AvgIpc) is 3.10. The zero-order valence-electron chi connectivity index (χ0n) is 13.6. The Hall–Kier alpha value is -1.33. The first kappa shape index (κ1) is 20.0. The molecule has 1 aromatic carbocycles. The number of halogens is 2. The van der Waals surface area contributed by atoms with E-state index in [1.165, 1.54) is 6.07 Å². The van der Waals surface area contributed by atoms with E-state index < -0.39 is 26.7 Å². The Morgan fingerprint density at radius 2 is 2.12 bits per heavy atom. The summed E-state index contributed by atoms with van der Waals surface area (Å²) in [4.78, 5) is 12.5. The molecule has 2 fully saturated rings. The number of aryl methyl sites for hydroxylation is 1. The van der Waals surface area contributed by atoms with Gasteiger partial charge in [-0.2, -0.15) is 5.26 Å². The second-order valence-corrected chi connectivity index (χ2v) is 9.09. The molecule has 2 atom stereocenters. The molecule has 9 heteroatoms. The standard InChI is InChI=1S/C16H18ClN3O3S.ClH/c1-10-6-11(17)2-3-14(10)24(22,23)12-7-13(19-8-12)15(21)20-16(9-18)4-5-16;/h2-3,6,12-13,19H,4-5,7-8H2,1H3,(H,20,21);1H/t12-,13+;/m1./s1. The van der Waals surface area contributed by atoms with Crippen LogP contribution in [0.2, 0.25) is 5.02 Å². The fourth-order valence-electron chi connectivity index (χ4n) is 2.96. The minimum atomic E-state index is -3.55. The maximum absolute atomic E-state index is 12.8. The Morgan fingerprint density at radius 1 is 1.44 bits per heavy atom. The van der Waals surface area contributed by atoms with Crippen LogP contribution in [0.1, 0.15) is 24.8 Å². The second-order valence-electron chi connectivity index (χ2n) is 6.46. The van der Waals surface area contributed by atoms with Crippen LogP contribution in [0.3, 0.4) is 0 Å².